The fourth-order valence-corrected chi connectivity index (χ4v) is 3.12. The van der Waals surface area contributed by atoms with E-state index in [9.17, 15) is 0 Å². The summed E-state index contributed by atoms with van der Waals surface area (Å²) in [5.41, 5.74) is 2.16. The fraction of sp³-hybridized carbons (Fsp3) is 0.438. The van der Waals surface area contributed by atoms with Crippen molar-refractivity contribution in [1.29, 1.82) is 0 Å². The Labute approximate surface area is 118 Å². The van der Waals surface area contributed by atoms with Crippen LogP contribution >= 0.6 is 11.6 Å². The van der Waals surface area contributed by atoms with E-state index in [4.69, 9.17) is 16.0 Å². The smallest absolute Gasteiger partial charge is 0.192 e. The zero-order valence-electron chi connectivity index (χ0n) is 11.2. The number of rotatable bonds is 2. The third kappa shape index (κ3) is 2.69. The highest BCUT2D eigenvalue weighted by Crippen LogP contribution is 2.38. The van der Waals surface area contributed by atoms with Crippen LogP contribution in [0.2, 0.25) is 5.02 Å². The van der Waals surface area contributed by atoms with Gasteiger partial charge in [0.25, 0.3) is 0 Å². The van der Waals surface area contributed by atoms with Crippen molar-refractivity contribution in [3.05, 3.63) is 40.9 Å². The number of nitrogens with zero attached hydrogens (tertiary/aromatic N) is 1. The minimum atomic E-state index is 0.542. The lowest BCUT2D eigenvalue weighted by molar-refractivity contribution is 0.437. The molecule has 3 heteroatoms. The number of halogens is 1. The molecule has 0 bridgehead atoms. The van der Waals surface area contributed by atoms with E-state index in [-0.39, 0.29) is 0 Å². The summed E-state index contributed by atoms with van der Waals surface area (Å²) in [5.74, 6) is 2.20. The Balaban J connectivity index is 2.01. The van der Waals surface area contributed by atoms with Crippen LogP contribution in [0.4, 0.5) is 0 Å². The Bertz CT molecular complexity index is 570. The van der Waals surface area contributed by atoms with Gasteiger partial charge >= 0.3 is 0 Å². The normalized spacial score (nSPS) is 16.7. The van der Waals surface area contributed by atoms with Crippen molar-refractivity contribution in [3.8, 4) is 11.3 Å². The first kappa shape index (κ1) is 12.7. The monoisotopic (exact) mass is 275 g/mol. The van der Waals surface area contributed by atoms with Crippen LogP contribution in [0.5, 0.6) is 0 Å². The molecular weight excluding hydrogens is 258 g/mol. The SMILES string of the molecule is Cc1nc(C2CCCCC2)c(-c2cccc(Cl)c2)o1. The van der Waals surface area contributed by atoms with Crippen molar-refractivity contribution in [2.24, 2.45) is 0 Å². The van der Waals surface area contributed by atoms with Gasteiger partial charge in [-0.2, -0.15) is 0 Å². The van der Waals surface area contributed by atoms with E-state index in [0.717, 1.165) is 27.9 Å². The average molecular weight is 276 g/mol. The number of hydrogen-bond donors (Lipinski definition) is 0. The molecular formula is C16H18ClNO. The Hall–Kier alpha value is -1.28. The predicted molar refractivity (Wildman–Crippen MR) is 77.5 cm³/mol. The second-order valence-electron chi connectivity index (χ2n) is 5.29. The van der Waals surface area contributed by atoms with Gasteiger partial charge in [0.15, 0.2) is 11.7 Å². The summed E-state index contributed by atoms with van der Waals surface area (Å²) in [6, 6.07) is 7.83. The van der Waals surface area contributed by atoms with Crippen LogP contribution in [0.25, 0.3) is 11.3 Å². The molecule has 0 spiro atoms. The van der Waals surface area contributed by atoms with Gasteiger partial charge in [-0.25, -0.2) is 4.98 Å². The van der Waals surface area contributed by atoms with Crippen LogP contribution in [0.1, 0.15) is 49.6 Å². The van der Waals surface area contributed by atoms with Gasteiger partial charge in [-0.3, -0.25) is 0 Å². The summed E-state index contributed by atoms with van der Waals surface area (Å²) in [5, 5.41) is 0.737. The van der Waals surface area contributed by atoms with E-state index in [1.54, 1.807) is 0 Å². The first-order chi connectivity index (χ1) is 9.24. The van der Waals surface area contributed by atoms with Gasteiger partial charge in [0.2, 0.25) is 0 Å². The maximum Gasteiger partial charge on any atom is 0.192 e. The first-order valence-electron chi connectivity index (χ1n) is 6.97. The summed E-state index contributed by atoms with van der Waals surface area (Å²) in [7, 11) is 0. The highest BCUT2D eigenvalue weighted by atomic mass is 35.5. The highest BCUT2D eigenvalue weighted by molar-refractivity contribution is 6.30. The van der Waals surface area contributed by atoms with E-state index >= 15 is 0 Å². The van der Waals surface area contributed by atoms with Crippen molar-refractivity contribution in [2.45, 2.75) is 44.9 Å². The molecule has 3 rings (SSSR count). The van der Waals surface area contributed by atoms with E-state index in [1.807, 2.05) is 31.2 Å². The molecule has 1 saturated carbocycles. The van der Waals surface area contributed by atoms with E-state index < -0.39 is 0 Å². The minimum absolute atomic E-state index is 0.542. The quantitative estimate of drug-likeness (QED) is 0.738. The highest BCUT2D eigenvalue weighted by Gasteiger charge is 2.24. The summed E-state index contributed by atoms with van der Waals surface area (Å²) in [6.45, 7) is 1.92. The lowest BCUT2D eigenvalue weighted by Gasteiger charge is -2.20. The van der Waals surface area contributed by atoms with Gasteiger partial charge in [-0.15, -0.1) is 0 Å². The van der Waals surface area contributed by atoms with Gasteiger partial charge < -0.3 is 4.42 Å². The number of oxazole rings is 1. The van der Waals surface area contributed by atoms with Crippen molar-refractivity contribution >= 4 is 11.6 Å². The van der Waals surface area contributed by atoms with Crippen LogP contribution in [0.3, 0.4) is 0 Å². The molecule has 0 radical (unpaired) electrons. The van der Waals surface area contributed by atoms with E-state index in [0.29, 0.717) is 5.92 Å². The molecule has 2 nitrogen and oxygen atoms in total. The number of aromatic nitrogens is 1. The Kier molecular flexibility index (Phi) is 3.61. The molecule has 100 valence electrons. The maximum absolute atomic E-state index is 6.08. The molecule has 19 heavy (non-hydrogen) atoms. The third-order valence-electron chi connectivity index (χ3n) is 3.84. The van der Waals surface area contributed by atoms with Crippen LogP contribution in [0, 0.1) is 6.92 Å². The van der Waals surface area contributed by atoms with Crippen molar-refractivity contribution in [1.82, 2.24) is 4.98 Å². The van der Waals surface area contributed by atoms with Crippen molar-refractivity contribution in [3.63, 3.8) is 0 Å². The molecule has 0 amide bonds. The topological polar surface area (TPSA) is 26.0 Å². The summed E-state index contributed by atoms with van der Waals surface area (Å²) < 4.78 is 5.84. The molecule has 0 atom stereocenters. The third-order valence-corrected chi connectivity index (χ3v) is 4.07. The van der Waals surface area contributed by atoms with Crippen LogP contribution in [-0.4, -0.2) is 4.98 Å². The number of hydrogen-bond acceptors (Lipinski definition) is 2. The van der Waals surface area contributed by atoms with Gasteiger partial charge in [0.05, 0.1) is 5.69 Å². The molecule has 1 fully saturated rings. The first-order valence-corrected chi connectivity index (χ1v) is 7.35. The van der Waals surface area contributed by atoms with Crippen molar-refractivity contribution in [2.75, 3.05) is 0 Å². The fourth-order valence-electron chi connectivity index (χ4n) is 2.93. The largest absolute Gasteiger partial charge is 0.441 e. The standard InChI is InChI=1S/C16H18ClNO/c1-11-18-15(12-6-3-2-4-7-12)16(19-11)13-8-5-9-14(17)10-13/h5,8-10,12H,2-4,6-7H2,1H3. The second-order valence-corrected chi connectivity index (χ2v) is 5.73. The zero-order valence-corrected chi connectivity index (χ0v) is 11.9. The number of aryl methyl sites for hydroxylation is 1. The van der Waals surface area contributed by atoms with E-state index in [1.165, 1.54) is 32.1 Å². The second kappa shape index (κ2) is 5.38. The van der Waals surface area contributed by atoms with E-state index in [2.05, 4.69) is 4.98 Å². The molecule has 1 heterocycles. The summed E-state index contributed by atoms with van der Waals surface area (Å²) >= 11 is 6.08. The Morgan fingerprint density at radius 2 is 2.00 bits per heavy atom. The van der Waals surface area contributed by atoms with Gasteiger partial charge in [-0.1, -0.05) is 43.0 Å². The molecule has 1 aliphatic rings. The van der Waals surface area contributed by atoms with Crippen molar-refractivity contribution < 1.29 is 4.42 Å². The number of benzene rings is 1. The van der Waals surface area contributed by atoms with Gasteiger partial charge in [0, 0.05) is 23.4 Å². The van der Waals surface area contributed by atoms with Crippen LogP contribution in [0.15, 0.2) is 28.7 Å². The molecule has 1 aromatic carbocycles. The predicted octanol–water partition coefficient (Wildman–Crippen LogP) is 5.35. The lowest BCUT2D eigenvalue weighted by Crippen LogP contribution is -2.06. The molecule has 0 aliphatic heterocycles. The molecule has 2 aromatic rings. The van der Waals surface area contributed by atoms with Gasteiger partial charge in [0.1, 0.15) is 0 Å². The van der Waals surface area contributed by atoms with Crippen LogP contribution in [-0.2, 0) is 0 Å². The minimum Gasteiger partial charge on any atom is -0.441 e. The zero-order chi connectivity index (χ0) is 13.2. The molecule has 1 aliphatic carbocycles. The average Bonchev–Trinajstić information content (AvgIpc) is 2.82. The molecule has 0 unspecified atom stereocenters. The molecule has 0 saturated heterocycles. The van der Waals surface area contributed by atoms with Gasteiger partial charge in [-0.05, 0) is 25.0 Å². The molecule has 0 N–H and O–H groups in total. The molecule has 1 aromatic heterocycles. The summed E-state index contributed by atoms with van der Waals surface area (Å²) in [4.78, 5) is 4.63. The lowest BCUT2D eigenvalue weighted by atomic mass is 9.85. The Morgan fingerprint density at radius 1 is 1.21 bits per heavy atom. The Morgan fingerprint density at radius 3 is 2.74 bits per heavy atom. The van der Waals surface area contributed by atoms with Crippen LogP contribution < -0.4 is 0 Å². The maximum atomic E-state index is 6.08. The summed E-state index contributed by atoms with van der Waals surface area (Å²) in [6.07, 6.45) is 6.38.